The molecule has 0 saturated carbocycles. The molecule has 1 unspecified atom stereocenters. The standard InChI is InChI=1S/C13H17BrN2O3S/c1-9-8-15-5-6-16(9)13(17)10-3-4-11(14)12(7-10)20(2,18)19/h3-4,7,9,15H,5-6,8H2,1-2H3. The molecule has 5 nitrogen and oxygen atoms in total. The first-order chi connectivity index (χ1) is 9.30. The van der Waals surface area contributed by atoms with E-state index in [9.17, 15) is 13.2 Å². The maximum absolute atomic E-state index is 12.5. The van der Waals surface area contributed by atoms with Gasteiger partial charge in [0.15, 0.2) is 9.84 Å². The Bertz CT molecular complexity index is 631. The number of rotatable bonds is 2. The van der Waals surface area contributed by atoms with Gasteiger partial charge in [-0.25, -0.2) is 8.42 Å². The van der Waals surface area contributed by atoms with E-state index >= 15 is 0 Å². The van der Waals surface area contributed by atoms with Crippen LogP contribution in [0.25, 0.3) is 0 Å². The average Bonchev–Trinajstić information content (AvgIpc) is 2.37. The highest BCUT2D eigenvalue weighted by Gasteiger charge is 2.25. The zero-order chi connectivity index (χ0) is 14.9. The molecule has 20 heavy (non-hydrogen) atoms. The van der Waals surface area contributed by atoms with E-state index in [2.05, 4.69) is 21.2 Å². The predicted molar refractivity (Wildman–Crippen MR) is 80.6 cm³/mol. The summed E-state index contributed by atoms with van der Waals surface area (Å²) in [5.41, 5.74) is 0.405. The molecular formula is C13H17BrN2O3S. The molecule has 1 atom stereocenters. The number of sulfone groups is 1. The van der Waals surface area contributed by atoms with Gasteiger partial charge in [0.1, 0.15) is 0 Å². The highest BCUT2D eigenvalue weighted by atomic mass is 79.9. The monoisotopic (exact) mass is 360 g/mol. The lowest BCUT2D eigenvalue weighted by molar-refractivity contribution is 0.0655. The van der Waals surface area contributed by atoms with Crippen molar-refractivity contribution < 1.29 is 13.2 Å². The van der Waals surface area contributed by atoms with E-state index in [1.54, 1.807) is 17.0 Å². The van der Waals surface area contributed by atoms with Crippen LogP contribution in [-0.2, 0) is 9.84 Å². The van der Waals surface area contributed by atoms with Crippen LogP contribution in [-0.4, -0.2) is 51.2 Å². The Kier molecular flexibility index (Phi) is 4.51. The number of amides is 1. The van der Waals surface area contributed by atoms with Crippen LogP contribution in [0.15, 0.2) is 27.6 Å². The van der Waals surface area contributed by atoms with Crippen molar-refractivity contribution >= 4 is 31.7 Å². The maximum Gasteiger partial charge on any atom is 0.254 e. The molecule has 0 bridgehead atoms. The molecule has 1 aliphatic heterocycles. The largest absolute Gasteiger partial charge is 0.333 e. The Morgan fingerprint density at radius 3 is 2.75 bits per heavy atom. The summed E-state index contributed by atoms with van der Waals surface area (Å²) < 4.78 is 23.9. The van der Waals surface area contributed by atoms with Crippen molar-refractivity contribution in [2.24, 2.45) is 0 Å². The minimum atomic E-state index is -3.36. The van der Waals surface area contributed by atoms with Crippen molar-refractivity contribution in [3.63, 3.8) is 0 Å². The quantitative estimate of drug-likeness (QED) is 0.862. The third-order valence-corrected chi connectivity index (χ3v) is 5.43. The molecular weight excluding hydrogens is 344 g/mol. The number of piperazine rings is 1. The second-order valence-corrected chi connectivity index (χ2v) is 7.81. The normalized spacial score (nSPS) is 19.9. The van der Waals surface area contributed by atoms with E-state index in [-0.39, 0.29) is 16.8 Å². The van der Waals surface area contributed by atoms with Gasteiger partial charge in [0, 0.05) is 42.0 Å². The molecule has 1 aliphatic rings. The van der Waals surface area contributed by atoms with E-state index < -0.39 is 9.84 Å². The Hall–Kier alpha value is -0.920. The number of benzene rings is 1. The van der Waals surface area contributed by atoms with Gasteiger partial charge < -0.3 is 10.2 Å². The van der Waals surface area contributed by atoms with Crippen LogP contribution >= 0.6 is 15.9 Å². The molecule has 0 spiro atoms. The SMILES string of the molecule is CC1CNCCN1C(=O)c1ccc(Br)c(S(C)(=O)=O)c1. The van der Waals surface area contributed by atoms with Crippen molar-refractivity contribution in [1.29, 1.82) is 0 Å². The van der Waals surface area contributed by atoms with Crippen molar-refractivity contribution in [2.45, 2.75) is 17.9 Å². The topological polar surface area (TPSA) is 66.5 Å². The molecule has 1 amide bonds. The van der Waals surface area contributed by atoms with Crippen molar-refractivity contribution in [1.82, 2.24) is 10.2 Å². The Morgan fingerprint density at radius 2 is 2.15 bits per heavy atom. The number of carbonyl (C=O) groups is 1. The summed E-state index contributed by atoms with van der Waals surface area (Å²) in [5, 5.41) is 3.22. The summed E-state index contributed by atoms with van der Waals surface area (Å²) in [6.45, 7) is 4.11. The maximum atomic E-state index is 12.5. The van der Waals surface area contributed by atoms with Crippen LogP contribution in [0.2, 0.25) is 0 Å². The van der Waals surface area contributed by atoms with Gasteiger partial charge in [-0.05, 0) is 41.1 Å². The molecule has 1 heterocycles. The van der Waals surface area contributed by atoms with Crippen molar-refractivity contribution in [3.8, 4) is 0 Å². The molecule has 1 fully saturated rings. The fourth-order valence-electron chi connectivity index (χ4n) is 2.23. The van der Waals surface area contributed by atoms with Crippen LogP contribution in [0.5, 0.6) is 0 Å². The fraction of sp³-hybridized carbons (Fsp3) is 0.462. The summed E-state index contributed by atoms with van der Waals surface area (Å²) >= 11 is 3.21. The number of nitrogens with zero attached hydrogens (tertiary/aromatic N) is 1. The van der Waals surface area contributed by atoms with Crippen molar-refractivity contribution in [3.05, 3.63) is 28.2 Å². The minimum absolute atomic E-state index is 0.0987. The van der Waals surface area contributed by atoms with Gasteiger partial charge in [0.25, 0.3) is 5.91 Å². The molecule has 0 aromatic heterocycles. The lowest BCUT2D eigenvalue weighted by atomic mass is 10.1. The van der Waals surface area contributed by atoms with E-state index in [0.717, 1.165) is 19.3 Å². The van der Waals surface area contributed by atoms with E-state index in [4.69, 9.17) is 0 Å². The molecule has 1 aromatic rings. The van der Waals surface area contributed by atoms with Crippen LogP contribution < -0.4 is 5.32 Å². The van der Waals surface area contributed by atoms with E-state index in [1.165, 1.54) is 6.07 Å². The molecule has 1 aromatic carbocycles. The summed E-state index contributed by atoms with van der Waals surface area (Å²) in [4.78, 5) is 14.4. The second-order valence-electron chi connectivity index (χ2n) is 4.97. The van der Waals surface area contributed by atoms with Crippen LogP contribution in [0.4, 0.5) is 0 Å². The first kappa shape index (κ1) is 15.5. The second kappa shape index (κ2) is 5.83. The van der Waals surface area contributed by atoms with E-state index in [0.29, 0.717) is 16.6 Å². The van der Waals surface area contributed by atoms with Crippen LogP contribution in [0, 0.1) is 0 Å². The number of nitrogens with one attached hydrogen (secondary N) is 1. The molecule has 0 radical (unpaired) electrons. The van der Waals surface area contributed by atoms with Crippen molar-refractivity contribution in [2.75, 3.05) is 25.9 Å². The Labute approximate surface area is 127 Å². The molecule has 110 valence electrons. The highest BCUT2D eigenvalue weighted by molar-refractivity contribution is 9.10. The number of carbonyl (C=O) groups excluding carboxylic acids is 1. The van der Waals surface area contributed by atoms with Crippen LogP contribution in [0.1, 0.15) is 17.3 Å². The predicted octanol–water partition coefficient (Wildman–Crippen LogP) is 1.29. The fourth-order valence-corrected chi connectivity index (χ4v) is 4.12. The lowest BCUT2D eigenvalue weighted by Crippen LogP contribution is -2.52. The summed E-state index contributed by atoms with van der Waals surface area (Å²) in [5.74, 6) is -0.128. The summed E-state index contributed by atoms with van der Waals surface area (Å²) in [6.07, 6.45) is 1.13. The smallest absolute Gasteiger partial charge is 0.254 e. The number of hydrogen-bond donors (Lipinski definition) is 1. The zero-order valence-electron chi connectivity index (χ0n) is 11.4. The Morgan fingerprint density at radius 1 is 1.45 bits per heavy atom. The van der Waals surface area contributed by atoms with Gasteiger partial charge >= 0.3 is 0 Å². The first-order valence-corrected chi connectivity index (χ1v) is 9.00. The molecule has 0 aliphatic carbocycles. The highest BCUT2D eigenvalue weighted by Crippen LogP contribution is 2.24. The Balaban J connectivity index is 2.36. The van der Waals surface area contributed by atoms with E-state index in [1.807, 2.05) is 6.92 Å². The minimum Gasteiger partial charge on any atom is -0.333 e. The van der Waals surface area contributed by atoms with Gasteiger partial charge in [-0.2, -0.15) is 0 Å². The van der Waals surface area contributed by atoms with Gasteiger partial charge in [0.2, 0.25) is 0 Å². The van der Waals surface area contributed by atoms with Gasteiger partial charge in [-0.15, -0.1) is 0 Å². The van der Waals surface area contributed by atoms with Gasteiger partial charge in [0.05, 0.1) is 4.90 Å². The van der Waals surface area contributed by atoms with Gasteiger partial charge in [-0.3, -0.25) is 4.79 Å². The lowest BCUT2D eigenvalue weighted by Gasteiger charge is -2.34. The molecule has 1 N–H and O–H groups in total. The molecule has 2 rings (SSSR count). The first-order valence-electron chi connectivity index (χ1n) is 6.32. The zero-order valence-corrected chi connectivity index (χ0v) is 13.8. The average molecular weight is 361 g/mol. The number of halogens is 1. The van der Waals surface area contributed by atoms with Gasteiger partial charge in [-0.1, -0.05) is 0 Å². The summed E-state index contributed by atoms with van der Waals surface area (Å²) in [6, 6.07) is 4.80. The summed E-state index contributed by atoms with van der Waals surface area (Å²) in [7, 11) is -3.36. The number of hydrogen-bond acceptors (Lipinski definition) is 4. The van der Waals surface area contributed by atoms with Crippen LogP contribution in [0.3, 0.4) is 0 Å². The third-order valence-electron chi connectivity index (χ3n) is 3.34. The third kappa shape index (κ3) is 3.21. The molecule has 7 heteroatoms. The molecule has 1 saturated heterocycles.